The van der Waals surface area contributed by atoms with Gasteiger partial charge in [-0.15, -0.1) is 0 Å². The van der Waals surface area contributed by atoms with Crippen LogP contribution in [-0.2, 0) is 9.59 Å². The van der Waals surface area contributed by atoms with Crippen LogP contribution in [0, 0.1) is 0 Å². The molecule has 1 aromatic carbocycles. The molecule has 0 radical (unpaired) electrons. The van der Waals surface area contributed by atoms with Crippen molar-refractivity contribution in [2.24, 2.45) is 0 Å². The van der Waals surface area contributed by atoms with Gasteiger partial charge in [-0.05, 0) is 19.1 Å². The van der Waals surface area contributed by atoms with Gasteiger partial charge >= 0.3 is 11.9 Å². The number of aliphatic hydroxyl groups is 1. The first kappa shape index (κ1) is 21.3. The summed E-state index contributed by atoms with van der Waals surface area (Å²) < 4.78 is 0. The van der Waals surface area contributed by atoms with E-state index in [0.29, 0.717) is 12.2 Å². The Balaban J connectivity index is 0.000000359. The highest BCUT2D eigenvalue weighted by Gasteiger charge is 2.21. The second kappa shape index (κ2) is 11.0. The van der Waals surface area contributed by atoms with Crippen LogP contribution in [0.15, 0.2) is 47.3 Å². The summed E-state index contributed by atoms with van der Waals surface area (Å²) in [5.41, 5.74) is 0.847. The van der Waals surface area contributed by atoms with Gasteiger partial charge in [0, 0.05) is 44.4 Å². The van der Waals surface area contributed by atoms with E-state index in [1.54, 1.807) is 12.1 Å². The van der Waals surface area contributed by atoms with Gasteiger partial charge < -0.3 is 20.2 Å². The Bertz CT molecular complexity index is 667. The van der Waals surface area contributed by atoms with Crippen molar-refractivity contribution in [3.8, 4) is 0 Å². The minimum absolute atomic E-state index is 0.0728. The number of carboxylic acid groups (broad SMARTS) is 2. The molecule has 1 fully saturated rings. The summed E-state index contributed by atoms with van der Waals surface area (Å²) in [7, 11) is 0. The van der Waals surface area contributed by atoms with E-state index in [9.17, 15) is 14.4 Å². The Morgan fingerprint density at radius 2 is 1.58 bits per heavy atom. The summed E-state index contributed by atoms with van der Waals surface area (Å²) in [6.07, 6.45) is 1.12. The lowest BCUT2D eigenvalue weighted by Gasteiger charge is -2.38. The van der Waals surface area contributed by atoms with Gasteiger partial charge in [0.25, 0.3) is 0 Å². The fourth-order valence-corrected chi connectivity index (χ4v) is 2.44. The standard InChI is InChI=1S/C14H20N2O2.C4H4O4/c1-12(11-17)15-7-9-16(10-8-15)13-5-3-2-4-6-14(13)18;5-3(6)1-2-4(7)8/h2-6,12,17H,7-11H2,1H3;1-2H,(H,5,6)(H,7,8)/b;2-1-. The van der Waals surface area contributed by atoms with Crippen LogP contribution >= 0.6 is 0 Å². The molecule has 0 aromatic heterocycles. The highest BCUT2D eigenvalue weighted by Crippen LogP contribution is 2.12. The fraction of sp³-hybridized carbons (Fsp3) is 0.389. The van der Waals surface area contributed by atoms with Crippen LogP contribution in [0.1, 0.15) is 6.92 Å². The maximum absolute atomic E-state index is 11.9. The van der Waals surface area contributed by atoms with Crippen LogP contribution in [0.3, 0.4) is 0 Å². The number of nitrogens with zero attached hydrogens (tertiary/aromatic N) is 2. The molecule has 0 spiro atoms. The minimum Gasteiger partial charge on any atom is -0.478 e. The maximum atomic E-state index is 11.9. The van der Waals surface area contributed by atoms with Gasteiger partial charge in [0.1, 0.15) is 0 Å². The van der Waals surface area contributed by atoms with Gasteiger partial charge in [0.15, 0.2) is 0 Å². The molecule has 2 rings (SSSR count). The predicted octanol–water partition coefficient (Wildman–Crippen LogP) is 0.261. The summed E-state index contributed by atoms with van der Waals surface area (Å²) in [4.78, 5) is 35.4. The number of carbonyl (C=O) groups is 2. The Hall–Kier alpha value is -2.71. The van der Waals surface area contributed by atoms with Crippen molar-refractivity contribution in [1.29, 1.82) is 0 Å². The second-order valence-corrected chi connectivity index (χ2v) is 5.72. The smallest absolute Gasteiger partial charge is 0.328 e. The van der Waals surface area contributed by atoms with E-state index < -0.39 is 11.9 Å². The number of carboxylic acids is 2. The summed E-state index contributed by atoms with van der Waals surface area (Å²) in [5, 5.41) is 24.8. The van der Waals surface area contributed by atoms with Crippen molar-refractivity contribution in [3.63, 3.8) is 0 Å². The Morgan fingerprint density at radius 1 is 1.04 bits per heavy atom. The normalized spacial score (nSPS) is 15.8. The zero-order valence-electron chi connectivity index (χ0n) is 14.6. The monoisotopic (exact) mass is 364 g/mol. The molecule has 1 saturated heterocycles. The summed E-state index contributed by atoms with van der Waals surface area (Å²) in [6, 6.07) is 9.24. The molecule has 142 valence electrons. The number of aliphatic carboxylic acids is 2. The average Bonchev–Trinajstić information content (AvgIpc) is 2.84. The van der Waals surface area contributed by atoms with Crippen LogP contribution in [0.25, 0.3) is 0 Å². The van der Waals surface area contributed by atoms with Crippen molar-refractivity contribution in [1.82, 2.24) is 4.90 Å². The van der Waals surface area contributed by atoms with E-state index in [0.717, 1.165) is 31.9 Å². The summed E-state index contributed by atoms with van der Waals surface area (Å²) in [6.45, 7) is 5.66. The molecule has 8 heteroatoms. The molecule has 3 N–H and O–H groups in total. The van der Waals surface area contributed by atoms with Crippen molar-refractivity contribution in [2.45, 2.75) is 13.0 Å². The van der Waals surface area contributed by atoms with Crippen LogP contribution in [0.4, 0.5) is 5.69 Å². The van der Waals surface area contributed by atoms with Crippen molar-refractivity contribution in [2.75, 3.05) is 37.7 Å². The van der Waals surface area contributed by atoms with Gasteiger partial charge in [-0.2, -0.15) is 0 Å². The van der Waals surface area contributed by atoms with Crippen molar-refractivity contribution >= 4 is 17.6 Å². The predicted molar refractivity (Wildman–Crippen MR) is 97.5 cm³/mol. The van der Waals surface area contributed by atoms with Crippen LogP contribution in [0.5, 0.6) is 0 Å². The van der Waals surface area contributed by atoms with Crippen LogP contribution in [-0.4, -0.2) is 71.0 Å². The van der Waals surface area contributed by atoms with E-state index in [2.05, 4.69) is 9.80 Å². The third-order valence-electron chi connectivity index (χ3n) is 3.89. The highest BCUT2D eigenvalue weighted by molar-refractivity contribution is 5.89. The first-order valence-corrected chi connectivity index (χ1v) is 8.18. The third-order valence-corrected chi connectivity index (χ3v) is 3.89. The number of hydrogen-bond acceptors (Lipinski definition) is 6. The molecule has 26 heavy (non-hydrogen) atoms. The molecule has 1 unspecified atom stereocenters. The maximum Gasteiger partial charge on any atom is 0.328 e. The molecule has 1 aliphatic rings. The Kier molecular flexibility index (Phi) is 9.04. The second-order valence-electron chi connectivity index (χ2n) is 5.72. The first-order chi connectivity index (χ1) is 12.3. The van der Waals surface area contributed by atoms with Gasteiger partial charge in [-0.25, -0.2) is 9.59 Å². The number of aliphatic hydroxyl groups excluding tert-OH is 1. The quantitative estimate of drug-likeness (QED) is 0.637. The number of anilines is 1. The van der Waals surface area contributed by atoms with Crippen molar-refractivity contribution < 1.29 is 24.9 Å². The molecule has 1 aromatic rings. The zero-order valence-corrected chi connectivity index (χ0v) is 14.6. The molecular weight excluding hydrogens is 340 g/mol. The fourth-order valence-electron chi connectivity index (χ4n) is 2.44. The highest BCUT2D eigenvalue weighted by atomic mass is 16.4. The van der Waals surface area contributed by atoms with Gasteiger partial charge in [0.05, 0.1) is 12.3 Å². The summed E-state index contributed by atoms with van der Waals surface area (Å²) >= 11 is 0. The van der Waals surface area contributed by atoms with E-state index in [1.807, 2.05) is 25.1 Å². The molecule has 1 heterocycles. The zero-order chi connectivity index (χ0) is 19.5. The first-order valence-electron chi connectivity index (χ1n) is 8.18. The number of rotatable bonds is 5. The minimum atomic E-state index is -1.26. The lowest BCUT2D eigenvalue weighted by atomic mass is 10.2. The molecule has 0 saturated carbocycles. The Morgan fingerprint density at radius 3 is 2.08 bits per heavy atom. The SMILES string of the molecule is CC(CO)N1CCN(c2cccccc2=O)CC1.O=C(O)/C=C\C(=O)O. The molecule has 0 aliphatic carbocycles. The van der Waals surface area contributed by atoms with Crippen LogP contribution < -0.4 is 10.3 Å². The van der Waals surface area contributed by atoms with Gasteiger partial charge in [-0.1, -0.05) is 18.2 Å². The number of piperazine rings is 1. The molecular formula is C18H24N2O6. The number of hydrogen-bond donors (Lipinski definition) is 3. The van der Waals surface area contributed by atoms with Gasteiger partial charge in [0.2, 0.25) is 5.43 Å². The van der Waals surface area contributed by atoms with E-state index in [1.165, 1.54) is 0 Å². The van der Waals surface area contributed by atoms with E-state index >= 15 is 0 Å². The lowest BCUT2D eigenvalue weighted by molar-refractivity contribution is -0.134. The molecule has 0 amide bonds. The topological polar surface area (TPSA) is 118 Å². The molecule has 8 nitrogen and oxygen atoms in total. The lowest BCUT2D eigenvalue weighted by Crippen LogP contribution is -2.51. The Labute approximate surface area is 151 Å². The summed E-state index contributed by atoms with van der Waals surface area (Å²) in [5.74, 6) is -2.51. The molecule has 1 aliphatic heterocycles. The van der Waals surface area contributed by atoms with Crippen LogP contribution in [0.2, 0.25) is 0 Å². The largest absolute Gasteiger partial charge is 0.478 e. The van der Waals surface area contributed by atoms with Crippen molar-refractivity contribution in [3.05, 3.63) is 52.7 Å². The van der Waals surface area contributed by atoms with E-state index in [-0.39, 0.29) is 18.1 Å². The van der Waals surface area contributed by atoms with E-state index in [4.69, 9.17) is 15.3 Å². The molecule has 0 bridgehead atoms. The third kappa shape index (κ3) is 7.45. The average molecular weight is 364 g/mol. The molecule has 1 atom stereocenters. The van der Waals surface area contributed by atoms with Gasteiger partial charge in [-0.3, -0.25) is 9.69 Å².